The van der Waals surface area contributed by atoms with Crippen LogP contribution in [0.5, 0.6) is 0 Å². The van der Waals surface area contributed by atoms with E-state index in [-0.39, 0.29) is 23.7 Å². The number of hydrogen-bond donors (Lipinski definition) is 2. The van der Waals surface area contributed by atoms with Crippen LogP contribution < -0.4 is 10.9 Å². The quantitative estimate of drug-likeness (QED) is 0.693. The predicted molar refractivity (Wildman–Crippen MR) is 102 cm³/mol. The Balaban J connectivity index is 1.90. The number of H-pyrrole nitrogens is 1. The molecule has 2 heterocycles. The summed E-state index contributed by atoms with van der Waals surface area (Å²) >= 11 is 12.4. The number of rotatable bonds is 2. The van der Waals surface area contributed by atoms with Crippen LogP contribution in [0.1, 0.15) is 23.5 Å². The van der Waals surface area contributed by atoms with Gasteiger partial charge >= 0.3 is 0 Å². The number of nitrogens with one attached hydrogen (secondary N) is 2. The fraction of sp³-hybridized carbons (Fsp3) is 0.105. The van der Waals surface area contributed by atoms with Crippen LogP contribution in [0, 0.1) is 0 Å². The van der Waals surface area contributed by atoms with Crippen molar-refractivity contribution in [1.82, 2.24) is 9.97 Å². The molecule has 0 bridgehead atoms. The maximum Gasteiger partial charge on any atom is 0.257 e. The minimum Gasteiger partial charge on any atom is -0.310 e. The predicted octanol–water partition coefficient (Wildman–Crippen LogP) is 4.22. The van der Waals surface area contributed by atoms with Crippen molar-refractivity contribution in [3.63, 3.8) is 0 Å². The number of fused-ring (bicyclic) bond motifs is 1. The van der Waals surface area contributed by atoms with Crippen molar-refractivity contribution in [3.8, 4) is 11.4 Å². The second kappa shape index (κ2) is 6.59. The van der Waals surface area contributed by atoms with Crippen molar-refractivity contribution in [1.29, 1.82) is 0 Å². The van der Waals surface area contributed by atoms with Gasteiger partial charge in [-0.15, -0.1) is 0 Å². The van der Waals surface area contributed by atoms with E-state index in [1.165, 1.54) is 0 Å². The number of hydrogen-bond acceptors (Lipinski definition) is 3. The first-order valence-electron chi connectivity index (χ1n) is 7.98. The van der Waals surface area contributed by atoms with E-state index < -0.39 is 5.92 Å². The molecule has 7 heteroatoms. The summed E-state index contributed by atoms with van der Waals surface area (Å²) in [6, 6.07) is 14.4. The highest BCUT2D eigenvalue weighted by Gasteiger charge is 2.32. The number of anilines is 1. The summed E-state index contributed by atoms with van der Waals surface area (Å²) in [7, 11) is 0. The fourth-order valence-corrected chi connectivity index (χ4v) is 3.60. The Labute approximate surface area is 159 Å². The molecule has 5 nitrogen and oxygen atoms in total. The lowest BCUT2D eigenvalue weighted by Crippen LogP contribution is -2.31. The number of carbonyl (C=O) groups excluding carboxylic acids is 1. The summed E-state index contributed by atoms with van der Waals surface area (Å²) in [5.74, 6) is -0.0842. The number of amides is 1. The Hall–Kier alpha value is -2.63. The first-order chi connectivity index (χ1) is 12.5. The number of benzene rings is 2. The topological polar surface area (TPSA) is 74.8 Å². The van der Waals surface area contributed by atoms with Gasteiger partial charge in [0.15, 0.2) is 0 Å². The summed E-state index contributed by atoms with van der Waals surface area (Å²) in [4.78, 5) is 32.3. The molecule has 1 aliphatic heterocycles. The largest absolute Gasteiger partial charge is 0.310 e. The molecule has 0 fully saturated rings. The van der Waals surface area contributed by atoms with Gasteiger partial charge in [-0.05, 0) is 11.6 Å². The third-order valence-electron chi connectivity index (χ3n) is 4.36. The molecule has 0 radical (unpaired) electrons. The standard InChI is InChI=1S/C19H13Cl2N3O2/c20-13-8-4-7-11(16(13)21)12-9-14(25)22-18-15(12)19(26)24-17(23-18)10-5-2-1-3-6-10/h1-8,12H,9H2,(H2,22,23,24,25,26)/t12-/m0/s1. The highest BCUT2D eigenvalue weighted by Crippen LogP contribution is 2.39. The van der Waals surface area contributed by atoms with Crippen molar-refractivity contribution in [2.75, 3.05) is 5.32 Å². The number of carbonyl (C=O) groups is 1. The molecule has 4 rings (SSSR count). The lowest BCUT2D eigenvalue weighted by molar-refractivity contribution is -0.116. The zero-order chi connectivity index (χ0) is 18.3. The Morgan fingerprint density at radius 1 is 1.00 bits per heavy atom. The number of aromatic amines is 1. The van der Waals surface area contributed by atoms with Gasteiger partial charge in [-0.3, -0.25) is 9.59 Å². The van der Waals surface area contributed by atoms with Crippen LogP contribution in [0.4, 0.5) is 5.82 Å². The molecule has 0 aliphatic carbocycles. The smallest absolute Gasteiger partial charge is 0.257 e. The molecule has 130 valence electrons. The molecule has 1 atom stereocenters. The maximum atomic E-state index is 12.8. The molecule has 2 aromatic carbocycles. The van der Waals surface area contributed by atoms with Crippen molar-refractivity contribution < 1.29 is 4.79 Å². The number of aromatic nitrogens is 2. The average Bonchev–Trinajstić information content (AvgIpc) is 2.63. The minimum absolute atomic E-state index is 0.0997. The van der Waals surface area contributed by atoms with E-state index in [0.717, 1.165) is 5.56 Å². The normalized spacial score (nSPS) is 16.1. The Bertz CT molecular complexity index is 1060. The minimum atomic E-state index is -0.508. The van der Waals surface area contributed by atoms with Gasteiger partial charge in [0.25, 0.3) is 5.56 Å². The van der Waals surface area contributed by atoms with Crippen LogP contribution in [0.2, 0.25) is 10.0 Å². The second-order valence-electron chi connectivity index (χ2n) is 5.99. The SMILES string of the molecule is O=C1C[C@@H](c2cccc(Cl)c2Cl)c2c(nc(-c3ccccc3)[nH]c2=O)N1. The van der Waals surface area contributed by atoms with Crippen LogP contribution in [-0.4, -0.2) is 15.9 Å². The van der Waals surface area contributed by atoms with Crippen LogP contribution >= 0.6 is 23.2 Å². The Morgan fingerprint density at radius 3 is 2.54 bits per heavy atom. The van der Waals surface area contributed by atoms with E-state index in [1.54, 1.807) is 18.2 Å². The molecule has 0 saturated heterocycles. The fourth-order valence-electron chi connectivity index (χ4n) is 3.16. The van der Waals surface area contributed by atoms with Gasteiger partial charge in [0.2, 0.25) is 5.91 Å². The molecule has 0 unspecified atom stereocenters. The first-order valence-corrected chi connectivity index (χ1v) is 8.73. The van der Waals surface area contributed by atoms with Crippen molar-refractivity contribution in [3.05, 3.63) is 80.1 Å². The van der Waals surface area contributed by atoms with E-state index in [4.69, 9.17) is 23.2 Å². The highest BCUT2D eigenvalue weighted by atomic mass is 35.5. The Morgan fingerprint density at radius 2 is 1.77 bits per heavy atom. The van der Waals surface area contributed by atoms with Gasteiger partial charge in [-0.25, -0.2) is 4.98 Å². The molecule has 0 saturated carbocycles. The molecule has 1 aliphatic rings. The third kappa shape index (κ3) is 2.89. The van der Waals surface area contributed by atoms with Crippen LogP contribution in [-0.2, 0) is 4.79 Å². The van der Waals surface area contributed by atoms with Crippen molar-refractivity contribution in [2.45, 2.75) is 12.3 Å². The zero-order valence-corrected chi connectivity index (χ0v) is 14.9. The monoisotopic (exact) mass is 385 g/mol. The average molecular weight is 386 g/mol. The van der Waals surface area contributed by atoms with E-state index >= 15 is 0 Å². The molecule has 2 N–H and O–H groups in total. The van der Waals surface area contributed by atoms with Crippen molar-refractivity contribution >= 4 is 34.9 Å². The van der Waals surface area contributed by atoms with E-state index in [2.05, 4.69) is 15.3 Å². The third-order valence-corrected chi connectivity index (χ3v) is 5.19. The number of halogens is 2. The molecular weight excluding hydrogens is 373 g/mol. The highest BCUT2D eigenvalue weighted by molar-refractivity contribution is 6.42. The zero-order valence-electron chi connectivity index (χ0n) is 13.4. The van der Waals surface area contributed by atoms with Gasteiger partial charge in [-0.2, -0.15) is 0 Å². The number of nitrogens with zero attached hydrogens (tertiary/aromatic N) is 1. The summed E-state index contributed by atoms with van der Waals surface area (Å²) in [6.45, 7) is 0. The molecular formula is C19H13Cl2N3O2. The van der Waals surface area contributed by atoms with Crippen LogP contribution in [0.3, 0.4) is 0 Å². The maximum absolute atomic E-state index is 12.8. The van der Waals surface area contributed by atoms with Gasteiger partial charge in [0.05, 0.1) is 15.6 Å². The summed E-state index contributed by atoms with van der Waals surface area (Å²) in [5.41, 5.74) is 1.46. The summed E-state index contributed by atoms with van der Waals surface area (Å²) in [6.07, 6.45) is 0.0997. The lowest BCUT2D eigenvalue weighted by Gasteiger charge is -2.25. The summed E-state index contributed by atoms with van der Waals surface area (Å²) in [5, 5.41) is 3.41. The van der Waals surface area contributed by atoms with E-state index in [9.17, 15) is 9.59 Å². The van der Waals surface area contributed by atoms with Gasteiger partial charge in [0.1, 0.15) is 11.6 Å². The van der Waals surface area contributed by atoms with E-state index in [0.29, 0.717) is 27.0 Å². The van der Waals surface area contributed by atoms with Crippen LogP contribution in [0.15, 0.2) is 53.3 Å². The second-order valence-corrected chi connectivity index (χ2v) is 6.78. The Kier molecular flexibility index (Phi) is 4.26. The molecule has 3 aromatic rings. The van der Waals surface area contributed by atoms with Gasteiger partial charge in [-0.1, -0.05) is 65.7 Å². The lowest BCUT2D eigenvalue weighted by atomic mass is 9.86. The molecule has 1 aromatic heterocycles. The first kappa shape index (κ1) is 16.8. The summed E-state index contributed by atoms with van der Waals surface area (Å²) < 4.78 is 0. The van der Waals surface area contributed by atoms with Gasteiger partial charge < -0.3 is 10.3 Å². The van der Waals surface area contributed by atoms with Gasteiger partial charge in [0, 0.05) is 17.9 Å². The molecule has 1 amide bonds. The molecule has 26 heavy (non-hydrogen) atoms. The molecule has 0 spiro atoms. The van der Waals surface area contributed by atoms with E-state index in [1.807, 2.05) is 30.3 Å². The van der Waals surface area contributed by atoms with Crippen LogP contribution in [0.25, 0.3) is 11.4 Å². The van der Waals surface area contributed by atoms with Crippen molar-refractivity contribution in [2.24, 2.45) is 0 Å².